The van der Waals surface area contributed by atoms with Gasteiger partial charge in [0.1, 0.15) is 0 Å². The molecule has 1 aliphatic rings. The monoisotopic (exact) mass is 152 g/mol. The molecule has 0 fully saturated rings. The van der Waals surface area contributed by atoms with Gasteiger partial charge in [-0.25, -0.2) is 4.99 Å². The minimum absolute atomic E-state index is 0.584. The summed E-state index contributed by atoms with van der Waals surface area (Å²) in [5.41, 5.74) is 0.584. The summed E-state index contributed by atoms with van der Waals surface area (Å²) in [6.07, 6.45) is 3.34. The lowest BCUT2D eigenvalue weighted by Crippen LogP contribution is -2.17. The number of nitrogens with zero attached hydrogens (tertiary/aromatic N) is 2. The topological polar surface area (TPSA) is 38.4 Å². The van der Waals surface area contributed by atoms with Gasteiger partial charge < -0.3 is 4.52 Å². The van der Waals surface area contributed by atoms with E-state index in [1.165, 1.54) is 0 Å². The van der Waals surface area contributed by atoms with Crippen molar-refractivity contribution in [1.82, 2.24) is 5.16 Å². The van der Waals surface area contributed by atoms with Crippen molar-refractivity contribution in [3.8, 4) is 0 Å². The Labute approximate surface area is 61.1 Å². The molecule has 50 valence electrons. The maximum Gasteiger partial charge on any atom is 0.258 e. The highest BCUT2D eigenvalue weighted by molar-refractivity contribution is 8.09. The SMILES string of the molecule is C1=CSC=c2cnoc2=N1. The first kappa shape index (κ1) is 5.73. The van der Waals surface area contributed by atoms with Crippen molar-refractivity contribution in [2.24, 2.45) is 4.99 Å². The third-order valence-electron chi connectivity index (χ3n) is 1.10. The maximum absolute atomic E-state index is 4.82. The van der Waals surface area contributed by atoms with Crippen LogP contribution < -0.4 is 10.8 Å². The molecule has 0 aromatic carbocycles. The Morgan fingerprint density at radius 3 is 3.50 bits per heavy atom. The molecule has 1 aliphatic heterocycles. The van der Waals surface area contributed by atoms with Crippen molar-refractivity contribution < 1.29 is 4.52 Å². The first-order valence-electron chi connectivity index (χ1n) is 2.76. The quantitative estimate of drug-likeness (QED) is 0.535. The zero-order valence-electron chi connectivity index (χ0n) is 5.02. The molecule has 4 heteroatoms. The molecule has 0 saturated heterocycles. The smallest absolute Gasteiger partial charge is 0.258 e. The highest BCUT2D eigenvalue weighted by atomic mass is 32.2. The van der Waals surface area contributed by atoms with E-state index >= 15 is 0 Å². The Kier molecular flexibility index (Phi) is 1.32. The van der Waals surface area contributed by atoms with Crippen LogP contribution in [0.1, 0.15) is 0 Å². The van der Waals surface area contributed by atoms with Gasteiger partial charge in [-0.2, -0.15) is 0 Å². The van der Waals surface area contributed by atoms with E-state index in [1.54, 1.807) is 24.2 Å². The highest BCUT2D eigenvalue weighted by Gasteiger charge is 1.91. The largest absolute Gasteiger partial charge is 0.336 e. The number of fused-ring (bicyclic) bond motifs is 1. The summed E-state index contributed by atoms with van der Waals surface area (Å²) in [6.45, 7) is 0. The van der Waals surface area contributed by atoms with E-state index in [-0.39, 0.29) is 0 Å². The van der Waals surface area contributed by atoms with Gasteiger partial charge in [-0.05, 0) is 10.8 Å². The van der Waals surface area contributed by atoms with Crippen LogP contribution in [0.2, 0.25) is 0 Å². The summed E-state index contributed by atoms with van der Waals surface area (Å²) in [7, 11) is 0. The fourth-order valence-corrected chi connectivity index (χ4v) is 1.18. The van der Waals surface area contributed by atoms with E-state index in [0.717, 1.165) is 5.22 Å². The summed E-state index contributed by atoms with van der Waals surface area (Å²) in [5, 5.41) is 8.37. The predicted octanol–water partition coefficient (Wildman–Crippen LogP) is 0.250. The van der Waals surface area contributed by atoms with Crippen molar-refractivity contribution in [3.05, 3.63) is 28.6 Å². The zero-order valence-corrected chi connectivity index (χ0v) is 5.84. The summed E-state index contributed by atoms with van der Waals surface area (Å²) in [6, 6.07) is 0. The molecular formula is C6H4N2OS. The Bertz CT molecular complexity index is 365. The van der Waals surface area contributed by atoms with Crippen LogP contribution in [0, 0.1) is 0 Å². The molecule has 0 bridgehead atoms. The first-order chi connectivity index (χ1) is 4.97. The molecule has 0 saturated carbocycles. The van der Waals surface area contributed by atoms with Gasteiger partial charge in [0.05, 0.1) is 11.4 Å². The molecule has 0 spiro atoms. The molecule has 0 aliphatic carbocycles. The van der Waals surface area contributed by atoms with Crippen LogP contribution in [-0.4, -0.2) is 5.16 Å². The van der Waals surface area contributed by atoms with E-state index in [9.17, 15) is 0 Å². The normalized spacial score (nSPS) is 14.8. The third-order valence-corrected chi connectivity index (χ3v) is 1.77. The predicted molar refractivity (Wildman–Crippen MR) is 38.5 cm³/mol. The van der Waals surface area contributed by atoms with Crippen LogP contribution in [0.3, 0.4) is 0 Å². The van der Waals surface area contributed by atoms with Crippen LogP contribution in [0.4, 0.5) is 0 Å². The Balaban J connectivity index is 2.82. The molecule has 0 amide bonds. The second kappa shape index (κ2) is 2.30. The van der Waals surface area contributed by atoms with E-state index < -0.39 is 0 Å². The van der Waals surface area contributed by atoms with Crippen LogP contribution >= 0.6 is 11.8 Å². The van der Waals surface area contributed by atoms with E-state index in [4.69, 9.17) is 4.52 Å². The average molecular weight is 152 g/mol. The summed E-state index contributed by atoms with van der Waals surface area (Å²) in [4.78, 5) is 3.98. The zero-order chi connectivity index (χ0) is 6.81. The standard InChI is InChI=1S/C6H4N2OS/c1-2-10-4-5-3-8-9-6(5)7-1/h1-4H. The molecule has 1 aromatic heterocycles. The van der Waals surface area contributed by atoms with Gasteiger partial charge >= 0.3 is 0 Å². The van der Waals surface area contributed by atoms with Crippen LogP contribution in [0.25, 0.3) is 5.41 Å². The van der Waals surface area contributed by atoms with E-state index in [2.05, 4.69) is 10.1 Å². The summed E-state index contributed by atoms with van der Waals surface area (Å²) >= 11 is 1.56. The summed E-state index contributed by atoms with van der Waals surface area (Å²) < 4.78 is 4.82. The van der Waals surface area contributed by atoms with Gasteiger partial charge in [0.15, 0.2) is 0 Å². The Morgan fingerprint density at radius 2 is 2.50 bits per heavy atom. The minimum atomic E-state index is 0.584. The maximum atomic E-state index is 4.82. The molecule has 2 rings (SSSR count). The van der Waals surface area contributed by atoms with Gasteiger partial charge in [0, 0.05) is 6.20 Å². The fraction of sp³-hybridized carbons (Fsp3) is 0. The molecule has 1 aromatic rings. The van der Waals surface area contributed by atoms with Crippen LogP contribution in [0.15, 0.2) is 27.3 Å². The molecule has 3 nitrogen and oxygen atoms in total. The molecule has 0 N–H and O–H groups in total. The number of aromatic nitrogens is 1. The molecular weight excluding hydrogens is 148 g/mol. The first-order valence-corrected chi connectivity index (χ1v) is 3.70. The van der Waals surface area contributed by atoms with E-state index in [1.807, 2.05) is 10.8 Å². The molecule has 0 atom stereocenters. The van der Waals surface area contributed by atoms with Crippen LogP contribution in [0.5, 0.6) is 0 Å². The van der Waals surface area contributed by atoms with Gasteiger partial charge in [-0.1, -0.05) is 5.16 Å². The number of thioether (sulfide) groups is 1. The van der Waals surface area contributed by atoms with Gasteiger partial charge in [0.2, 0.25) is 0 Å². The third kappa shape index (κ3) is 0.863. The molecule has 10 heavy (non-hydrogen) atoms. The van der Waals surface area contributed by atoms with Gasteiger partial charge in [-0.3, -0.25) is 0 Å². The van der Waals surface area contributed by atoms with Crippen molar-refractivity contribution in [3.63, 3.8) is 0 Å². The summed E-state index contributed by atoms with van der Waals surface area (Å²) in [5.74, 6) is 0. The lowest BCUT2D eigenvalue weighted by molar-refractivity contribution is 0.381. The van der Waals surface area contributed by atoms with Crippen molar-refractivity contribution >= 4 is 17.2 Å². The van der Waals surface area contributed by atoms with Gasteiger partial charge in [-0.15, -0.1) is 11.8 Å². The average Bonchev–Trinajstić information content (AvgIpc) is 2.28. The Hall–Kier alpha value is -1.03. The number of hydrogen-bond donors (Lipinski definition) is 0. The fourth-order valence-electron chi connectivity index (χ4n) is 0.666. The van der Waals surface area contributed by atoms with Gasteiger partial charge in [0.25, 0.3) is 5.55 Å². The second-order valence-corrected chi connectivity index (χ2v) is 2.53. The van der Waals surface area contributed by atoms with Crippen molar-refractivity contribution in [1.29, 1.82) is 0 Å². The minimum Gasteiger partial charge on any atom is -0.336 e. The van der Waals surface area contributed by atoms with Crippen molar-refractivity contribution in [2.45, 2.75) is 0 Å². The van der Waals surface area contributed by atoms with Crippen LogP contribution in [-0.2, 0) is 0 Å². The molecule has 2 heterocycles. The molecule has 0 unspecified atom stereocenters. The lowest BCUT2D eigenvalue weighted by Gasteiger charge is -1.70. The lowest BCUT2D eigenvalue weighted by atomic mass is 10.6. The Morgan fingerprint density at radius 1 is 1.50 bits per heavy atom. The number of hydrogen-bond acceptors (Lipinski definition) is 4. The second-order valence-electron chi connectivity index (χ2n) is 1.75. The molecule has 0 radical (unpaired) electrons. The number of rotatable bonds is 0. The van der Waals surface area contributed by atoms with Crippen molar-refractivity contribution in [2.75, 3.05) is 0 Å². The highest BCUT2D eigenvalue weighted by Crippen LogP contribution is 2.03. The van der Waals surface area contributed by atoms with E-state index in [0.29, 0.717) is 5.55 Å².